The number of hydrogen-bond donors (Lipinski definition) is 1. The van der Waals surface area contributed by atoms with Gasteiger partial charge in [-0.15, -0.1) is 0 Å². The van der Waals surface area contributed by atoms with Crippen LogP contribution < -0.4 is 5.73 Å². The van der Waals surface area contributed by atoms with E-state index in [2.05, 4.69) is 5.10 Å². The van der Waals surface area contributed by atoms with E-state index in [1.165, 1.54) is 0 Å². The average molecular weight is 328 g/mol. The summed E-state index contributed by atoms with van der Waals surface area (Å²) in [5.41, 5.74) is 7.66. The topological polar surface area (TPSA) is 73.4 Å². The van der Waals surface area contributed by atoms with Crippen molar-refractivity contribution in [3.63, 3.8) is 0 Å². The molecule has 0 bridgehead atoms. The van der Waals surface area contributed by atoms with Gasteiger partial charge in [-0.3, -0.25) is 9.48 Å². The Kier molecular flexibility index (Phi) is 4.69. The van der Waals surface area contributed by atoms with Crippen molar-refractivity contribution in [2.24, 2.45) is 12.8 Å². The normalized spacial score (nSPS) is 22.4. The summed E-state index contributed by atoms with van der Waals surface area (Å²) in [4.78, 5) is 14.6. The lowest BCUT2D eigenvalue weighted by molar-refractivity contribution is -0.150. The second-order valence-corrected chi connectivity index (χ2v) is 6.54. The zero-order valence-electron chi connectivity index (χ0n) is 14.2. The molecule has 2 heterocycles. The SMILES string of the molecule is Cn1cc([C@]2(C)CN(C(=O)[C@@H](N)Cc3ccccc3)CCO2)cn1. The second-order valence-electron chi connectivity index (χ2n) is 6.54. The van der Waals surface area contributed by atoms with Gasteiger partial charge in [0.2, 0.25) is 5.91 Å². The molecule has 2 aromatic rings. The van der Waals surface area contributed by atoms with Crippen LogP contribution in [-0.4, -0.2) is 46.3 Å². The second kappa shape index (κ2) is 6.75. The summed E-state index contributed by atoms with van der Waals surface area (Å²) in [5, 5.41) is 4.21. The first-order valence-corrected chi connectivity index (χ1v) is 8.19. The minimum absolute atomic E-state index is 0.0303. The molecule has 24 heavy (non-hydrogen) atoms. The molecule has 1 aromatic carbocycles. The quantitative estimate of drug-likeness (QED) is 0.911. The minimum Gasteiger partial charge on any atom is -0.367 e. The fourth-order valence-electron chi connectivity index (χ4n) is 3.12. The Morgan fingerprint density at radius 3 is 2.83 bits per heavy atom. The van der Waals surface area contributed by atoms with Gasteiger partial charge in [-0.05, 0) is 18.9 Å². The summed E-state index contributed by atoms with van der Waals surface area (Å²) in [7, 11) is 1.87. The molecule has 3 rings (SSSR count). The molecule has 0 unspecified atom stereocenters. The number of hydrogen-bond acceptors (Lipinski definition) is 4. The van der Waals surface area contributed by atoms with Crippen molar-refractivity contribution in [3.8, 4) is 0 Å². The van der Waals surface area contributed by atoms with Gasteiger partial charge in [-0.25, -0.2) is 0 Å². The van der Waals surface area contributed by atoms with E-state index < -0.39 is 11.6 Å². The largest absolute Gasteiger partial charge is 0.367 e. The fraction of sp³-hybridized carbons (Fsp3) is 0.444. The lowest BCUT2D eigenvalue weighted by atomic mass is 9.96. The van der Waals surface area contributed by atoms with Crippen LogP contribution in [0.3, 0.4) is 0 Å². The Balaban J connectivity index is 1.68. The molecule has 1 saturated heterocycles. The van der Waals surface area contributed by atoms with Crippen LogP contribution in [0.1, 0.15) is 18.1 Å². The summed E-state index contributed by atoms with van der Waals surface area (Å²) in [6, 6.07) is 9.32. The summed E-state index contributed by atoms with van der Waals surface area (Å²) in [6.45, 7) is 3.54. The van der Waals surface area contributed by atoms with Crippen molar-refractivity contribution in [2.45, 2.75) is 25.0 Å². The molecule has 2 atom stereocenters. The third-order valence-electron chi connectivity index (χ3n) is 4.52. The molecule has 0 spiro atoms. The average Bonchev–Trinajstić information content (AvgIpc) is 3.02. The van der Waals surface area contributed by atoms with Crippen LogP contribution in [0.5, 0.6) is 0 Å². The van der Waals surface area contributed by atoms with E-state index in [-0.39, 0.29) is 5.91 Å². The van der Waals surface area contributed by atoms with Crippen LogP contribution in [0, 0.1) is 0 Å². The highest BCUT2D eigenvalue weighted by Gasteiger charge is 2.37. The molecule has 6 heteroatoms. The molecule has 1 aliphatic rings. The first-order valence-electron chi connectivity index (χ1n) is 8.19. The van der Waals surface area contributed by atoms with Crippen molar-refractivity contribution >= 4 is 5.91 Å². The maximum Gasteiger partial charge on any atom is 0.240 e. The van der Waals surface area contributed by atoms with Crippen molar-refractivity contribution in [1.82, 2.24) is 14.7 Å². The van der Waals surface area contributed by atoms with Crippen LogP contribution in [-0.2, 0) is 28.6 Å². The van der Waals surface area contributed by atoms with Crippen LogP contribution in [0.25, 0.3) is 0 Å². The van der Waals surface area contributed by atoms with Crippen molar-refractivity contribution in [2.75, 3.05) is 19.7 Å². The van der Waals surface area contributed by atoms with Crippen LogP contribution in [0.4, 0.5) is 0 Å². The van der Waals surface area contributed by atoms with Gasteiger partial charge in [0, 0.05) is 25.4 Å². The lowest BCUT2D eigenvalue weighted by Crippen LogP contribution is -2.54. The molecule has 1 amide bonds. The monoisotopic (exact) mass is 328 g/mol. The Labute approximate surface area is 142 Å². The maximum atomic E-state index is 12.8. The summed E-state index contributed by atoms with van der Waals surface area (Å²) < 4.78 is 7.70. The third kappa shape index (κ3) is 3.49. The Morgan fingerprint density at radius 1 is 1.42 bits per heavy atom. The molecule has 0 saturated carbocycles. The minimum atomic E-state index is -0.547. The van der Waals surface area contributed by atoms with Crippen LogP contribution in [0.2, 0.25) is 0 Å². The van der Waals surface area contributed by atoms with E-state index in [0.717, 1.165) is 11.1 Å². The number of nitrogens with zero attached hydrogens (tertiary/aromatic N) is 3. The number of aryl methyl sites for hydroxylation is 1. The van der Waals surface area contributed by atoms with Gasteiger partial charge in [0.05, 0.1) is 25.4 Å². The number of nitrogens with two attached hydrogens (primary N) is 1. The molecule has 0 radical (unpaired) electrons. The van der Waals surface area contributed by atoms with E-state index in [1.54, 1.807) is 10.9 Å². The van der Waals surface area contributed by atoms with Crippen LogP contribution >= 0.6 is 0 Å². The number of amides is 1. The number of carbonyl (C=O) groups excluding carboxylic acids is 1. The third-order valence-corrected chi connectivity index (χ3v) is 4.52. The number of aromatic nitrogens is 2. The van der Waals surface area contributed by atoms with E-state index in [1.807, 2.05) is 55.4 Å². The molecule has 2 N–H and O–H groups in total. The van der Waals surface area contributed by atoms with E-state index in [9.17, 15) is 4.79 Å². The lowest BCUT2D eigenvalue weighted by Gasteiger charge is -2.40. The Bertz CT molecular complexity index is 700. The fourth-order valence-corrected chi connectivity index (χ4v) is 3.12. The van der Waals surface area contributed by atoms with Crippen molar-refractivity contribution < 1.29 is 9.53 Å². The van der Waals surface area contributed by atoms with Gasteiger partial charge in [0.15, 0.2) is 0 Å². The van der Waals surface area contributed by atoms with Gasteiger partial charge in [0.1, 0.15) is 5.60 Å². The number of rotatable bonds is 4. The molecular formula is C18H24N4O2. The van der Waals surface area contributed by atoms with Gasteiger partial charge in [-0.1, -0.05) is 30.3 Å². The van der Waals surface area contributed by atoms with E-state index in [0.29, 0.717) is 26.1 Å². The molecule has 6 nitrogen and oxygen atoms in total. The molecule has 1 aromatic heterocycles. The van der Waals surface area contributed by atoms with Crippen LogP contribution in [0.15, 0.2) is 42.7 Å². The number of benzene rings is 1. The van der Waals surface area contributed by atoms with Gasteiger partial charge in [0.25, 0.3) is 0 Å². The van der Waals surface area contributed by atoms with Gasteiger partial charge >= 0.3 is 0 Å². The highest BCUT2D eigenvalue weighted by Crippen LogP contribution is 2.29. The first-order chi connectivity index (χ1) is 11.5. The number of morpholine rings is 1. The van der Waals surface area contributed by atoms with E-state index in [4.69, 9.17) is 10.5 Å². The predicted octanol–water partition coefficient (Wildman–Crippen LogP) is 1.06. The molecule has 1 fully saturated rings. The Hall–Kier alpha value is -2.18. The number of carbonyl (C=O) groups is 1. The summed E-state index contributed by atoms with van der Waals surface area (Å²) >= 11 is 0. The molecular weight excluding hydrogens is 304 g/mol. The molecule has 0 aliphatic carbocycles. The maximum absolute atomic E-state index is 12.8. The zero-order chi connectivity index (χ0) is 17.2. The van der Waals surface area contributed by atoms with Crippen molar-refractivity contribution in [3.05, 3.63) is 53.9 Å². The first kappa shape index (κ1) is 16.7. The zero-order valence-corrected chi connectivity index (χ0v) is 14.2. The van der Waals surface area contributed by atoms with Gasteiger partial charge in [-0.2, -0.15) is 5.10 Å². The number of ether oxygens (including phenoxy) is 1. The summed E-state index contributed by atoms with van der Waals surface area (Å²) in [6.07, 6.45) is 4.26. The van der Waals surface area contributed by atoms with Gasteiger partial charge < -0.3 is 15.4 Å². The van der Waals surface area contributed by atoms with Crippen molar-refractivity contribution in [1.29, 1.82) is 0 Å². The smallest absolute Gasteiger partial charge is 0.240 e. The highest BCUT2D eigenvalue weighted by atomic mass is 16.5. The standard InChI is InChI=1S/C18H24N4O2/c1-18(15-11-20-21(2)12-15)13-22(8-9-24-18)17(23)16(19)10-14-6-4-3-5-7-14/h3-7,11-12,16H,8-10,13,19H2,1-2H3/t16-,18-/m0/s1. The Morgan fingerprint density at radius 2 is 2.17 bits per heavy atom. The predicted molar refractivity (Wildman–Crippen MR) is 91.2 cm³/mol. The molecule has 128 valence electrons. The van der Waals surface area contributed by atoms with E-state index >= 15 is 0 Å². The molecule has 1 aliphatic heterocycles. The summed E-state index contributed by atoms with van der Waals surface area (Å²) in [5.74, 6) is -0.0303. The highest BCUT2D eigenvalue weighted by molar-refractivity contribution is 5.82.